The van der Waals surface area contributed by atoms with Crippen LogP contribution in [0.2, 0.25) is 0 Å². The molecule has 0 aliphatic heterocycles. The van der Waals surface area contributed by atoms with Crippen LogP contribution in [-0.2, 0) is 6.42 Å². The molecule has 0 bridgehead atoms. The molecule has 0 fully saturated rings. The third-order valence-corrected chi connectivity index (χ3v) is 4.13. The van der Waals surface area contributed by atoms with Gasteiger partial charge >= 0.3 is 0 Å². The number of benzene rings is 1. The van der Waals surface area contributed by atoms with Crippen LogP contribution in [0.1, 0.15) is 11.1 Å². The highest BCUT2D eigenvalue weighted by Crippen LogP contribution is 2.25. The van der Waals surface area contributed by atoms with Crippen molar-refractivity contribution in [3.8, 4) is 11.8 Å². The quantitative estimate of drug-likeness (QED) is 0.760. The molecule has 6 heteroatoms. The number of fused-ring (bicyclic) bond motifs is 1. The van der Waals surface area contributed by atoms with Gasteiger partial charge in [0.1, 0.15) is 0 Å². The van der Waals surface area contributed by atoms with Gasteiger partial charge < -0.3 is 14.5 Å². The van der Waals surface area contributed by atoms with Gasteiger partial charge in [0.25, 0.3) is 0 Å². The first-order valence-corrected chi connectivity index (χ1v) is 7.79. The maximum Gasteiger partial charge on any atom is 0.216 e. The lowest BCUT2D eigenvalue weighted by molar-refractivity contribution is 0.388. The van der Waals surface area contributed by atoms with Gasteiger partial charge in [-0.2, -0.15) is 0 Å². The second-order valence-electron chi connectivity index (χ2n) is 5.00. The second-order valence-corrected chi connectivity index (χ2v) is 5.92. The summed E-state index contributed by atoms with van der Waals surface area (Å²) in [5, 5.41) is 0.609. The summed E-state index contributed by atoms with van der Waals surface area (Å²) in [6, 6.07) is 9.23. The molecule has 0 amide bonds. The molecule has 1 N–H and O–H groups in total. The number of pyridine rings is 2. The molecule has 5 nitrogen and oxygen atoms in total. The van der Waals surface area contributed by atoms with Crippen LogP contribution in [0.3, 0.4) is 0 Å². The Bertz CT molecular complexity index is 921. The van der Waals surface area contributed by atoms with E-state index in [1.807, 2.05) is 24.3 Å². The molecule has 0 unspecified atom stereocenters. The first-order chi connectivity index (χ1) is 11.1. The van der Waals surface area contributed by atoms with Crippen LogP contribution in [0.25, 0.3) is 10.9 Å². The summed E-state index contributed by atoms with van der Waals surface area (Å²) in [4.78, 5) is 20.2. The molecule has 3 rings (SSSR count). The van der Waals surface area contributed by atoms with Crippen LogP contribution in [-0.4, -0.2) is 24.2 Å². The first kappa shape index (κ1) is 15.6. The number of rotatable bonds is 4. The molecule has 1 aromatic carbocycles. The molecule has 23 heavy (non-hydrogen) atoms. The average molecular weight is 375 g/mol. The van der Waals surface area contributed by atoms with Crippen molar-refractivity contribution >= 4 is 26.8 Å². The van der Waals surface area contributed by atoms with E-state index in [-0.39, 0.29) is 5.43 Å². The molecule has 2 aromatic heterocycles. The third kappa shape index (κ3) is 2.94. The van der Waals surface area contributed by atoms with Crippen molar-refractivity contribution in [1.82, 2.24) is 9.97 Å². The number of hydrogen-bond acceptors (Lipinski definition) is 4. The van der Waals surface area contributed by atoms with Crippen molar-refractivity contribution in [2.45, 2.75) is 6.42 Å². The number of hydrogen-bond donors (Lipinski definition) is 1. The van der Waals surface area contributed by atoms with Crippen molar-refractivity contribution in [2.75, 3.05) is 14.2 Å². The molecule has 0 aliphatic rings. The van der Waals surface area contributed by atoms with Gasteiger partial charge in [-0.1, -0.05) is 22.0 Å². The van der Waals surface area contributed by atoms with E-state index in [0.29, 0.717) is 29.1 Å². The summed E-state index contributed by atoms with van der Waals surface area (Å²) >= 11 is 3.40. The Morgan fingerprint density at radius 1 is 1.22 bits per heavy atom. The van der Waals surface area contributed by atoms with Crippen LogP contribution < -0.4 is 14.9 Å². The zero-order valence-electron chi connectivity index (χ0n) is 12.7. The molecular weight excluding hydrogens is 360 g/mol. The fraction of sp³-hybridized carbons (Fsp3) is 0.176. The summed E-state index contributed by atoms with van der Waals surface area (Å²) in [5.74, 6) is 0.957. The Balaban J connectivity index is 2.19. The molecular formula is C17H15BrN2O3. The van der Waals surface area contributed by atoms with Gasteiger partial charge in [-0.05, 0) is 24.3 Å². The lowest BCUT2D eigenvalue weighted by atomic mass is 10.0. The normalized spacial score (nSPS) is 10.7. The molecule has 0 atom stereocenters. The molecule has 3 aromatic rings. The molecule has 118 valence electrons. The minimum absolute atomic E-state index is 0.0668. The van der Waals surface area contributed by atoms with E-state index in [4.69, 9.17) is 9.47 Å². The molecule has 0 spiro atoms. The van der Waals surface area contributed by atoms with Crippen molar-refractivity contribution in [3.63, 3.8) is 0 Å². The minimum atomic E-state index is -0.0668. The number of aromatic nitrogens is 2. The van der Waals surface area contributed by atoms with Crippen LogP contribution in [0.5, 0.6) is 11.8 Å². The molecule has 0 saturated carbocycles. The van der Waals surface area contributed by atoms with Crippen LogP contribution >= 0.6 is 15.9 Å². The second kappa shape index (κ2) is 6.42. The van der Waals surface area contributed by atoms with Crippen molar-refractivity contribution in [3.05, 3.63) is 62.4 Å². The maximum atomic E-state index is 12.9. The van der Waals surface area contributed by atoms with E-state index in [0.717, 1.165) is 15.6 Å². The SMILES string of the molecule is COc1ncccc1Cc1c(OC)[nH]c2ccc(Br)cc2c1=O. The van der Waals surface area contributed by atoms with E-state index in [9.17, 15) is 4.79 Å². The van der Waals surface area contributed by atoms with Crippen LogP contribution in [0.4, 0.5) is 0 Å². The number of nitrogens with one attached hydrogen (secondary N) is 1. The van der Waals surface area contributed by atoms with Crippen LogP contribution in [0, 0.1) is 0 Å². The van der Waals surface area contributed by atoms with E-state index < -0.39 is 0 Å². The Labute approximate surface area is 141 Å². The largest absolute Gasteiger partial charge is 0.482 e. The van der Waals surface area contributed by atoms with E-state index in [1.165, 1.54) is 0 Å². The van der Waals surface area contributed by atoms with Crippen molar-refractivity contribution < 1.29 is 9.47 Å². The van der Waals surface area contributed by atoms with E-state index >= 15 is 0 Å². The van der Waals surface area contributed by atoms with Gasteiger partial charge in [-0.25, -0.2) is 4.98 Å². The Hall–Kier alpha value is -2.34. The summed E-state index contributed by atoms with van der Waals surface area (Å²) in [5.41, 5.74) is 2.04. The van der Waals surface area contributed by atoms with Gasteiger partial charge in [-0.3, -0.25) is 4.79 Å². The van der Waals surface area contributed by atoms with E-state index in [2.05, 4.69) is 25.9 Å². The number of H-pyrrole nitrogens is 1. The third-order valence-electron chi connectivity index (χ3n) is 3.64. The van der Waals surface area contributed by atoms with E-state index in [1.54, 1.807) is 26.5 Å². The standard InChI is InChI=1S/C17H15BrN2O3/c1-22-16-10(4-3-7-19-16)8-13-15(21)12-9-11(18)5-6-14(12)20-17(13)23-2/h3-7,9H,8H2,1-2H3,(H,20,21). The highest BCUT2D eigenvalue weighted by atomic mass is 79.9. The summed E-state index contributed by atoms with van der Waals surface area (Å²) < 4.78 is 11.5. The molecule has 0 saturated heterocycles. The minimum Gasteiger partial charge on any atom is -0.482 e. The fourth-order valence-electron chi connectivity index (χ4n) is 2.54. The monoisotopic (exact) mass is 374 g/mol. The number of aromatic amines is 1. The fourth-order valence-corrected chi connectivity index (χ4v) is 2.91. The number of methoxy groups -OCH3 is 2. The van der Waals surface area contributed by atoms with Gasteiger partial charge in [0.05, 0.1) is 25.3 Å². The Kier molecular flexibility index (Phi) is 4.34. The number of nitrogens with zero attached hydrogens (tertiary/aromatic N) is 1. The van der Waals surface area contributed by atoms with Crippen molar-refractivity contribution in [1.29, 1.82) is 0 Å². The summed E-state index contributed by atoms with van der Waals surface area (Å²) in [6.07, 6.45) is 2.03. The Morgan fingerprint density at radius 3 is 2.78 bits per heavy atom. The predicted octanol–water partition coefficient (Wildman–Crippen LogP) is 3.29. The predicted molar refractivity (Wildman–Crippen MR) is 92.4 cm³/mol. The lowest BCUT2D eigenvalue weighted by Crippen LogP contribution is -2.14. The highest BCUT2D eigenvalue weighted by molar-refractivity contribution is 9.10. The summed E-state index contributed by atoms with van der Waals surface area (Å²) in [7, 11) is 3.10. The highest BCUT2D eigenvalue weighted by Gasteiger charge is 2.16. The number of ether oxygens (including phenoxy) is 2. The smallest absolute Gasteiger partial charge is 0.216 e. The molecule has 0 aliphatic carbocycles. The van der Waals surface area contributed by atoms with Gasteiger partial charge in [0.2, 0.25) is 5.88 Å². The van der Waals surface area contributed by atoms with Crippen LogP contribution in [0.15, 0.2) is 45.8 Å². The van der Waals surface area contributed by atoms with Gasteiger partial charge in [0.15, 0.2) is 11.3 Å². The Morgan fingerprint density at radius 2 is 2.04 bits per heavy atom. The summed E-state index contributed by atoms with van der Waals surface area (Å²) in [6.45, 7) is 0. The van der Waals surface area contributed by atoms with Gasteiger partial charge in [0, 0.05) is 28.0 Å². The number of halogens is 1. The lowest BCUT2D eigenvalue weighted by Gasteiger charge is -2.12. The topological polar surface area (TPSA) is 64.2 Å². The zero-order chi connectivity index (χ0) is 16.4. The van der Waals surface area contributed by atoms with Crippen molar-refractivity contribution in [2.24, 2.45) is 0 Å². The molecule has 2 heterocycles. The zero-order valence-corrected chi connectivity index (χ0v) is 14.3. The molecule has 0 radical (unpaired) electrons. The first-order valence-electron chi connectivity index (χ1n) is 7.00. The van der Waals surface area contributed by atoms with Gasteiger partial charge in [-0.15, -0.1) is 0 Å². The maximum absolute atomic E-state index is 12.9. The average Bonchev–Trinajstić information content (AvgIpc) is 2.58.